The lowest BCUT2D eigenvalue weighted by Gasteiger charge is -2.08. The van der Waals surface area contributed by atoms with Crippen molar-refractivity contribution in [2.24, 2.45) is 0 Å². The van der Waals surface area contributed by atoms with Gasteiger partial charge in [-0.05, 0) is 12.5 Å². The van der Waals surface area contributed by atoms with Crippen LogP contribution in [0.1, 0.15) is 37.4 Å². The predicted octanol–water partition coefficient (Wildman–Crippen LogP) is 2.61. The van der Waals surface area contributed by atoms with E-state index in [2.05, 4.69) is 4.98 Å². The second-order valence-corrected chi connectivity index (χ2v) is 3.01. The number of aromatic nitrogens is 1. The fourth-order valence-electron chi connectivity index (χ4n) is 1.07. The van der Waals surface area contributed by atoms with Crippen molar-refractivity contribution in [1.29, 1.82) is 5.26 Å². The minimum absolute atomic E-state index is 0.104. The van der Waals surface area contributed by atoms with Crippen LogP contribution in [-0.4, -0.2) is 4.98 Å². The molecular formula is C10H11FN2. The van der Waals surface area contributed by atoms with Gasteiger partial charge in [-0.25, -0.2) is 4.39 Å². The number of halogens is 1. The summed E-state index contributed by atoms with van der Waals surface area (Å²) in [6.45, 7) is 3.89. The van der Waals surface area contributed by atoms with Gasteiger partial charge in [0.1, 0.15) is 11.9 Å². The monoisotopic (exact) mass is 178 g/mol. The Morgan fingerprint density at radius 1 is 1.69 bits per heavy atom. The maximum atomic E-state index is 13.3. The first kappa shape index (κ1) is 9.66. The summed E-state index contributed by atoms with van der Waals surface area (Å²) in [6.07, 6.45) is 2.25. The van der Waals surface area contributed by atoms with Gasteiger partial charge in [0.05, 0.1) is 11.3 Å². The zero-order valence-corrected chi connectivity index (χ0v) is 7.71. The molecule has 0 fully saturated rings. The van der Waals surface area contributed by atoms with Crippen LogP contribution in [0.2, 0.25) is 0 Å². The van der Waals surface area contributed by atoms with Crippen molar-refractivity contribution in [3.63, 3.8) is 0 Å². The molecule has 1 atom stereocenters. The lowest BCUT2D eigenvalue weighted by molar-refractivity contribution is 0.567. The molecule has 3 heteroatoms. The van der Waals surface area contributed by atoms with Crippen LogP contribution in [0.25, 0.3) is 0 Å². The molecule has 1 aromatic rings. The van der Waals surface area contributed by atoms with Gasteiger partial charge in [0.25, 0.3) is 0 Å². The van der Waals surface area contributed by atoms with E-state index in [1.807, 2.05) is 19.9 Å². The molecule has 1 rings (SSSR count). The molecule has 0 aliphatic rings. The van der Waals surface area contributed by atoms with Crippen LogP contribution in [-0.2, 0) is 0 Å². The van der Waals surface area contributed by atoms with Gasteiger partial charge in [0, 0.05) is 12.1 Å². The Morgan fingerprint density at radius 3 is 2.85 bits per heavy atom. The summed E-state index contributed by atoms with van der Waals surface area (Å²) in [6, 6.07) is 3.08. The minimum atomic E-state index is -0.381. The average molecular weight is 178 g/mol. The first-order valence-electron chi connectivity index (χ1n) is 4.24. The average Bonchev–Trinajstić information content (AvgIpc) is 2.16. The molecule has 0 aliphatic heterocycles. The highest BCUT2D eigenvalue weighted by Gasteiger charge is 2.10. The van der Waals surface area contributed by atoms with E-state index in [1.165, 1.54) is 12.3 Å². The number of nitriles is 1. The van der Waals surface area contributed by atoms with E-state index in [1.54, 1.807) is 0 Å². The zero-order valence-electron chi connectivity index (χ0n) is 7.71. The molecule has 13 heavy (non-hydrogen) atoms. The fourth-order valence-corrected chi connectivity index (χ4v) is 1.07. The number of hydrogen-bond acceptors (Lipinski definition) is 2. The van der Waals surface area contributed by atoms with Crippen LogP contribution in [0.3, 0.4) is 0 Å². The van der Waals surface area contributed by atoms with Crippen molar-refractivity contribution in [2.75, 3.05) is 0 Å². The number of nitrogens with zero attached hydrogens (tertiary/aromatic N) is 2. The quantitative estimate of drug-likeness (QED) is 0.698. The molecule has 0 N–H and O–H groups in total. The minimum Gasteiger partial charge on any atom is -0.257 e. The first-order chi connectivity index (χ1) is 6.19. The predicted molar refractivity (Wildman–Crippen MR) is 47.6 cm³/mol. The molecule has 68 valence electrons. The summed E-state index contributed by atoms with van der Waals surface area (Å²) in [5.74, 6) is -0.277. The third-order valence-electron chi connectivity index (χ3n) is 2.08. The Morgan fingerprint density at radius 2 is 2.38 bits per heavy atom. The van der Waals surface area contributed by atoms with Crippen LogP contribution in [0.4, 0.5) is 4.39 Å². The Balaban J connectivity index is 3.07. The SMILES string of the molecule is CCC(C)c1ncc(C#N)cc1F. The molecule has 0 radical (unpaired) electrons. The van der Waals surface area contributed by atoms with Crippen LogP contribution in [0, 0.1) is 17.1 Å². The number of hydrogen-bond donors (Lipinski definition) is 0. The van der Waals surface area contributed by atoms with Crippen molar-refractivity contribution >= 4 is 0 Å². The third kappa shape index (κ3) is 2.03. The van der Waals surface area contributed by atoms with Gasteiger partial charge in [0.15, 0.2) is 0 Å². The molecule has 0 saturated heterocycles. The molecule has 0 spiro atoms. The molecule has 0 aliphatic carbocycles. The summed E-state index contributed by atoms with van der Waals surface area (Å²) in [7, 11) is 0. The van der Waals surface area contributed by atoms with Gasteiger partial charge in [-0.2, -0.15) is 5.26 Å². The number of pyridine rings is 1. The van der Waals surface area contributed by atoms with Crippen molar-refractivity contribution in [3.05, 3.63) is 29.3 Å². The molecule has 0 bridgehead atoms. The highest BCUT2D eigenvalue weighted by atomic mass is 19.1. The number of rotatable bonds is 2. The molecular weight excluding hydrogens is 167 g/mol. The Bertz CT molecular complexity index is 341. The standard InChI is InChI=1S/C10H11FN2/c1-3-7(2)10-9(11)4-8(5-12)6-13-10/h4,6-7H,3H2,1-2H3. The maximum absolute atomic E-state index is 13.3. The first-order valence-corrected chi connectivity index (χ1v) is 4.24. The highest BCUT2D eigenvalue weighted by molar-refractivity contribution is 5.28. The Hall–Kier alpha value is -1.43. The van der Waals surface area contributed by atoms with Crippen molar-refractivity contribution < 1.29 is 4.39 Å². The van der Waals surface area contributed by atoms with Crippen molar-refractivity contribution in [3.8, 4) is 6.07 Å². The van der Waals surface area contributed by atoms with Gasteiger partial charge < -0.3 is 0 Å². The van der Waals surface area contributed by atoms with Crippen LogP contribution >= 0.6 is 0 Å². The lowest BCUT2D eigenvalue weighted by atomic mass is 10.0. The van der Waals surface area contributed by atoms with E-state index < -0.39 is 0 Å². The maximum Gasteiger partial charge on any atom is 0.146 e. The van der Waals surface area contributed by atoms with Gasteiger partial charge in [-0.3, -0.25) is 4.98 Å². The van der Waals surface area contributed by atoms with Crippen LogP contribution < -0.4 is 0 Å². The topological polar surface area (TPSA) is 36.7 Å². The van der Waals surface area contributed by atoms with E-state index in [4.69, 9.17) is 5.26 Å². The van der Waals surface area contributed by atoms with Gasteiger partial charge in [-0.1, -0.05) is 13.8 Å². The summed E-state index contributed by atoms with van der Waals surface area (Å²) in [5, 5.41) is 8.49. The Labute approximate surface area is 77.0 Å². The van der Waals surface area contributed by atoms with E-state index >= 15 is 0 Å². The molecule has 2 nitrogen and oxygen atoms in total. The molecule has 1 unspecified atom stereocenters. The normalized spacial score (nSPS) is 12.2. The Kier molecular flexibility index (Phi) is 2.97. The molecule has 1 aromatic heterocycles. The fraction of sp³-hybridized carbons (Fsp3) is 0.400. The summed E-state index contributed by atoms with van der Waals surface area (Å²) >= 11 is 0. The van der Waals surface area contributed by atoms with E-state index in [0.29, 0.717) is 5.69 Å². The summed E-state index contributed by atoms with van der Waals surface area (Å²) in [4.78, 5) is 3.92. The van der Waals surface area contributed by atoms with Gasteiger partial charge in [0.2, 0.25) is 0 Å². The summed E-state index contributed by atoms with van der Waals surface area (Å²) in [5.41, 5.74) is 0.714. The second-order valence-electron chi connectivity index (χ2n) is 3.01. The van der Waals surface area contributed by atoms with Gasteiger partial charge in [-0.15, -0.1) is 0 Å². The third-order valence-corrected chi connectivity index (χ3v) is 2.08. The van der Waals surface area contributed by atoms with E-state index in [9.17, 15) is 4.39 Å². The molecule has 1 heterocycles. The van der Waals surface area contributed by atoms with Crippen molar-refractivity contribution in [2.45, 2.75) is 26.2 Å². The largest absolute Gasteiger partial charge is 0.257 e. The van der Waals surface area contributed by atoms with Crippen molar-refractivity contribution in [1.82, 2.24) is 4.98 Å². The molecule has 0 amide bonds. The van der Waals surface area contributed by atoms with Crippen LogP contribution in [0.5, 0.6) is 0 Å². The van der Waals surface area contributed by atoms with Gasteiger partial charge >= 0.3 is 0 Å². The zero-order chi connectivity index (χ0) is 9.84. The van der Waals surface area contributed by atoms with E-state index in [0.717, 1.165) is 6.42 Å². The highest BCUT2D eigenvalue weighted by Crippen LogP contribution is 2.19. The van der Waals surface area contributed by atoms with Crippen LogP contribution in [0.15, 0.2) is 12.3 Å². The smallest absolute Gasteiger partial charge is 0.146 e. The summed E-state index contributed by atoms with van der Waals surface area (Å²) < 4.78 is 13.3. The molecule has 0 saturated carbocycles. The second kappa shape index (κ2) is 3.99. The molecule has 0 aromatic carbocycles. The van der Waals surface area contributed by atoms with E-state index in [-0.39, 0.29) is 17.3 Å². The lowest BCUT2D eigenvalue weighted by Crippen LogP contribution is -2.00.